The highest BCUT2D eigenvalue weighted by atomic mass is 16.1. The van der Waals surface area contributed by atoms with Gasteiger partial charge in [-0.3, -0.25) is 4.79 Å². The molecule has 0 aromatic heterocycles. The predicted octanol–water partition coefficient (Wildman–Crippen LogP) is 4.59. The Labute approximate surface area is 165 Å². The van der Waals surface area contributed by atoms with Crippen LogP contribution in [-0.4, -0.2) is 11.6 Å². The molecular formula is C24H23N3O. The van der Waals surface area contributed by atoms with E-state index in [1.165, 1.54) is 0 Å². The van der Waals surface area contributed by atoms with Crippen LogP contribution in [0.1, 0.15) is 38.2 Å². The first-order chi connectivity index (χ1) is 13.4. The number of aliphatic imine (C=N–C) groups is 1. The van der Waals surface area contributed by atoms with E-state index >= 15 is 0 Å². The van der Waals surface area contributed by atoms with E-state index in [9.17, 15) is 10.1 Å². The molecule has 1 heterocycles. The number of nitrogens with zero attached hydrogens (tertiary/aromatic N) is 2. The molecular weight excluding hydrogens is 346 g/mol. The summed E-state index contributed by atoms with van der Waals surface area (Å²) in [5.41, 5.74) is 10.6. The van der Waals surface area contributed by atoms with Crippen molar-refractivity contribution >= 4 is 11.6 Å². The number of carbonyl (C=O) groups is 1. The first kappa shape index (κ1) is 18.2. The summed E-state index contributed by atoms with van der Waals surface area (Å²) in [4.78, 5) is 17.5. The van der Waals surface area contributed by atoms with Gasteiger partial charge in [-0.25, -0.2) is 4.99 Å². The quantitative estimate of drug-likeness (QED) is 0.841. The van der Waals surface area contributed by atoms with Gasteiger partial charge in [0.25, 0.3) is 0 Å². The summed E-state index contributed by atoms with van der Waals surface area (Å²) in [6.45, 7) is 4.14. The molecule has 0 radical (unpaired) electrons. The molecule has 0 bridgehead atoms. The number of hydrogen-bond acceptors (Lipinski definition) is 4. The summed E-state index contributed by atoms with van der Waals surface area (Å²) < 4.78 is 0. The van der Waals surface area contributed by atoms with Crippen LogP contribution in [0.2, 0.25) is 0 Å². The number of nitriles is 1. The molecule has 0 spiro atoms. The monoisotopic (exact) mass is 369 g/mol. The topological polar surface area (TPSA) is 79.2 Å². The van der Waals surface area contributed by atoms with Crippen LogP contribution < -0.4 is 5.73 Å². The second kappa shape index (κ2) is 6.76. The van der Waals surface area contributed by atoms with Gasteiger partial charge in [-0.1, -0.05) is 68.4 Å². The van der Waals surface area contributed by atoms with E-state index in [1.807, 2.05) is 42.5 Å². The highest BCUT2D eigenvalue weighted by molar-refractivity contribution is 6.03. The summed E-state index contributed by atoms with van der Waals surface area (Å²) in [5.74, 6) is -0.582. The van der Waals surface area contributed by atoms with Crippen LogP contribution in [0.5, 0.6) is 0 Å². The Morgan fingerprint density at radius 1 is 1.04 bits per heavy atom. The number of rotatable bonds is 2. The standard InChI is InChI=1S/C24H23N3O/c1-24(2)12-19-22(20(28)13-24)21(18(14-25)23(26)27-19)17-10-8-16(9-11-17)15-6-4-3-5-7-15/h3-11,18,21H,12-13H2,1-2H3,(H2,26,27)/t18?,21-/m0/s1. The summed E-state index contributed by atoms with van der Waals surface area (Å²) in [6, 6.07) is 20.5. The van der Waals surface area contributed by atoms with Gasteiger partial charge in [0.1, 0.15) is 11.8 Å². The van der Waals surface area contributed by atoms with Crippen LogP contribution in [0.3, 0.4) is 0 Å². The van der Waals surface area contributed by atoms with Gasteiger partial charge in [0.15, 0.2) is 5.78 Å². The average Bonchev–Trinajstić information content (AvgIpc) is 2.67. The van der Waals surface area contributed by atoms with Gasteiger partial charge < -0.3 is 5.73 Å². The molecule has 28 heavy (non-hydrogen) atoms. The number of carbonyl (C=O) groups excluding carboxylic acids is 1. The van der Waals surface area contributed by atoms with E-state index in [1.54, 1.807) is 0 Å². The van der Waals surface area contributed by atoms with Crippen molar-refractivity contribution in [2.24, 2.45) is 22.1 Å². The third-order valence-electron chi connectivity index (χ3n) is 5.64. The smallest absolute Gasteiger partial charge is 0.161 e. The molecule has 2 aliphatic rings. The minimum absolute atomic E-state index is 0.0832. The molecule has 1 unspecified atom stereocenters. The maximum absolute atomic E-state index is 13.0. The van der Waals surface area contributed by atoms with Crippen molar-refractivity contribution < 1.29 is 4.79 Å². The number of Topliss-reactive ketones (excluding diaryl/α,β-unsaturated/α-hetero) is 1. The minimum atomic E-state index is -0.619. The lowest BCUT2D eigenvalue weighted by Gasteiger charge is -2.37. The third kappa shape index (κ3) is 3.14. The Morgan fingerprint density at radius 3 is 2.32 bits per heavy atom. The van der Waals surface area contributed by atoms with Crippen molar-refractivity contribution in [2.75, 3.05) is 0 Å². The second-order valence-electron chi connectivity index (χ2n) is 8.41. The SMILES string of the molecule is CC1(C)CC(=O)C2=C(C1)N=C(N)C(C#N)[C@@H]2c1ccc(-c2ccccc2)cc1. The van der Waals surface area contributed by atoms with Crippen molar-refractivity contribution in [1.82, 2.24) is 0 Å². The summed E-state index contributed by atoms with van der Waals surface area (Å²) >= 11 is 0. The van der Waals surface area contributed by atoms with Gasteiger partial charge in [-0.05, 0) is 28.5 Å². The van der Waals surface area contributed by atoms with E-state index < -0.39 is 5.92 Å². The van der Waals surface area contributed by atoms with Crippen LogP contribution in [0, 0.1) is 22.7 Å². The molecule has 0 saturated heterocycles. The molecule has 0 fully saturated rings. The Hall–Kier alpha value is -3.19. The van der Waals surface area contributed by atoms with E-state index in [4.69, 9.17) is 5.73 Å². The van der Waals surface area contributed by atoms with Crippen LogP contribution in [-0.2, 0) is 4.79 Å². The van der Waals surface area contributed by atoms with Crippen LogP contribution in [0.15, 0.2) is 70.9 Å². The predicted molar refractivity (Wildman–Crippen MR) is 110 cm³/mol. The summed E-state index contributed by atoms with van der Waals surface area (Å²) in [5, 5.41) is 9.76. The molecule has 4 nitrogen and oxygen atoms in total. The number of amidine groups is 1. The second-order valence-corrected chi connectivity index (χ2v) is 8.41. The van der Waals surface area contributed by atoms with Crippen LogP contribution in [0.4, 0.5) is 0 Å². The largest absolute Gasteiger partial charge is 0.386 e. The number of allylic oxidation sites excluding steroid dienone is 2. The van der Waals surface area contributed by atoms with Crippen LogP contribution >= 0.6 is 0 Å². The van der Waals surface area contributed by atoms with Crippen molar-refractivity contribution in [3.8, 4) is 17.2 Å². The van der Waals surface area contributed by atoms with Crippen molar-refractivity contribution in [3.63, 3.8) is 0 Å². The molecule has 1 aliphatic heterocycles. The molecule has 4 rings (SSSR count). The first-order valence-corrected chi connectivity index (χ1v) is 9.55. The lowest BCUT2D eigenvalue weighted by atomic mass is 9.68. The Morgan fingerprint density at radius 2 is 1.68 bits per heavy atom. The lowest BCUT2D eigenvalue weighted by Crippen LogP contribution is -2.38. The molecule has 0 amide bonds. The molecule has 1 aliphatic carbocycles. The highest BCUT2D eigenvalue weighted by Gasteiger charge is 2.43. The van der Waals surface area contributed by atoms with E-state index in [-0.39, 0.29) is 17.1 Å². The fraction of sp³-hybridized carbons (Fsp3) is 0.292. The molecule has 140 valence electrons. The maximum Gasteiger partial charge on any atom is 0.161 e. The van der Waals surface area contributed by atoms with Crippen LogP contribution in [0.25, 0.3) is 11.1 Å². The van der Waals surface area contributed by atoms with E-state index in [2.05, 4.69) is 37.0 Å². The zero-order valence-electron chi connectivity index (χ0n) is 16.1. The molecule has 2 N–H and O–H groups in total. The van der Waals surface area contributed by atoms with Crippen molar-refractivity contribution in [2.45, 2.75) is 32.6 Å². The number of hydrogen-bond donors (Lipinski definition) is 1. The summed E-state index contributed by atoms with van der Waals surface area (Å²) in [6.07, 6.45) is 1.17. The third-order valence-corrected chi connectivity index (χ3v) is 5.64. The molecule has 2 aromatic carbocycles. The Balaban J connectivity index is 1.78. The first-order valence-electron chi connectivity index (χ1n) is 9.55. The number of nitrogens with two attached hydrogens (primary N) is 1. The zero-order valence-corrected chi connectivity index (χ0v) is 16.1. The van der Waals surface area contributed by atoms with Crippen molar-refractivity contribution in [1.29, 1.82) is 5.26 Å². The molecule has 2 atom stereocenters. The fourth-order valence-corrected chi connectivity index (χ4v) is 4.33. The number of ketones is 1. The Kier molecular flexibility index (Phi) is 4.39. The Bertz CT molecular complexity index is 1020. The molecule has 2 aromatic rings. The zero-order chi connectivity index (χ0) is 19.9. The van der Waals surface area contributed by atoms with Gasteiger partial charge >= 0.3 is 0 Å². The molecule has 0 saturated carbocycles. The van der Waals surface area contributed by atoms with Gasteiger partial charge in [-0.15, -0.1) is 0 Å². The number of benzene rings is 2. The fourth-order valence-electron chi connectivity index (χ4n) is 4.33. The van der Waals surface area contributed by atoms with E-state index in [0.29, 0.717) is 24.3 Å². The van der Waals surface area contributed by atoms with Gasteiger partial charge in [0, 0.05) is 17.9 Å². The van der Waals surface area contributed by atoms with Gasteiger partial charge in [0.2, 0.25) is 0 Å². The normalized spacial score (nSPS) is 23.6. The van der Waals surface area contributed by atoms with Crippen molar-refractivity contribution in [3.05, 3.63) is 71.4 Å². The lowest BCUT2D eigenvalue weighted by molar-refractivity contribution is -0.118. The average molecular weight is 369 g/mol. The molecule has 4 heteroatoms. The van der Waals surface area contributed by atoms with Gasteiger partial charge in [-0.2, -0.15) is 5.26 Å². The summed E-state index contributed by atoms with van der Waals surface area (Å²) in [7, 11) is 0. The highest BCUT2D eigenvalue weighted by Crippen LogP contribution is 2.47. The van der Waals surface area contributed by atoms with E-state index in [0.717, 1.165) is 22.4 Å². The van der Waals surface area contributed by atoms with Gasteiger partial charge in [0.05, 0.1) is 11.8 Å². The maximum atomic E-state index is 13.0. The minimum Gasteiger partial charge on any atom is -0.386 e.